The van der Waals surface area contributed by atoms with Gasteiger partial charge >= 0.3 is 5.97 Å². The summed E-state index contributed by atoms with van der Waals surface area (Å²) < 4.78 is 0. The van der Waals surface area contributed by atoms with Crippen LogP contribution in [0.5, 0.6) is 0 Å². The molecule has 106 valence electrons. The number of nitrogens with zero attached hydrogens (tertiary/aromatic N) is 2. The monoisotopic (exact) mass is 284 g/mol. The van der Waals surface area contributed by atoms with Gasteiger partial charge in [0.15, 0.2) is 0 Å². The van der Waals surface area contributed by atoms with Gasteiger partial charge in [0, 0.05) is 5.69 Å². The molecule has 0 aliphatic heterocycles. The number of H-pyrrole nitrogens is 1. The molecule has 1 amide bonds. The quantitative estimate of drug-likeness (QED) is 0.794. The van der Waals surface area contributed by atoms with Crippen LogP contribution in [0.4, 0.5) is 5.69 Å². The van der Waals surface area contributed by atoms with Crippen LogP contribution in [0.2, 0.25) is 0 Å². The third kappa shape index (κ3) is 2.90. The highest BCUT2D eigenvalue weighted by Gasteiger charge is 2.17. The summed E-state index contributed by atoms with van der Waals surface area (Å²) in [7, 11) is 0. The minimum Gasteiger partial charge on any atom is -0.477 e. The van der Waals surface area contributed by atoms with Gasteiger partial charge in [-0.1, -0.05) is 0 Å². The zero-order valence-electron chi connectivity index (χ0n) is 11.4. The second-order valence-electron chi connectivity index (χ2n) is 4.44. The second kappa shape index (κ2) is 5.46. The van der Waals surface area contributed by atoms with Crippen LogP contribution in [0.25, 0.3) is 0 Å². The number of carboxylic acid groups (broad SMARTS) is 1. The number of rotatable bonds is 3. The smallest absolute Gasteiger partial charge is 0.354 e. The molecule has 2 aromatic heterocycles. The fraction of sp³-hybridized carbons (Fsp3) is 0.143. The molecule has 7 nitrogen and oxygen atoms in total. The van der Waals surface area contributed by atoms with Crippen LogP contribution in [0, 0.1) is 25.2 Å². The number of pyridine rings is 1. The van der Waals surface area contributed by atoms with E-state index in [0.717, 1.165) is 0 Å². The molecule has 0 unspecified atom stereocenters. The minimum atomic E-state index is -1.16. The van der Waals surface area contributed by atoms with E-state index >= 15 is 0 Å². The summed E-state index contributed by atoms with van der Waals surface area (Å²) in [6.07, 6.45) is 0. The number of nitrogens with one attached hydrogen (secondary N) is 2. The topological polar surface area (TPSA) is 119 Å². The number of carbonyl (C=O) groups is 2. The third-order valence-electron chi connectivity index (χ3n) is 2.85. The first kappa shape index (κ1) is 14.3. The number of carbonyl (C=O) groups excluding carboxylic acids is 1. The Balaban J connectivity index is 2.28. The Morgan fingerprint density at radius 1 is 1.38 bits per heavy atom. The van der Waals surface area contributed by atoms with Gasteiger partial charge in [-0.15, -0.1) is 0 Å². The lowest BCUT2D eigenvalue weighted by molar-refractivity contribution is 0.0692. The predicted molar refractivity (Wildman–Crippen MR) is 74.1 cm³/mol. The highest BCUT2D eigenvalue weighted by atomic mass is 16.4. The molecule has 21 heavy (non-hydrogen) atoms. The second-order valence-corrected chi connectivity index (χ2v) is 4.44. The molecule has 2 aromatic rings. The molecule has 2 rings (SSSR count). The fourth-order valence-corrected chi connectivity index (χ4v) is 1.85. The molecule has 3 N–H and O–H groups in total. The lowest BCUT2D eigenvalue weighted by Gasteiger charge is -2.05. The van der Waals surface area contributed by atoms with Crippen LogP contribution < -0.4 is 5.32 Å². The number of hydrogen-bond acceptors (Lipinski definition) is 4. The molecule has 0 radical (unpaired) electrons. The van der Waals surface area contributed by atoms with Gasteiger partial charge in [0.2, 0.25) is 0 Å². The number of hydrogen-bond donors (Lipinski definition) is 3. The first-order chi connectivity index (χ1) is 9.92. The van der Waals surface area contributed by atoms with Crippen molar-refractivity contribution in [2.45, 2.75) is 13.8 Å². The predicted octanol–water partition coefficient (Wildman–Crippen LogP) is 1.85. The number of nitriles is 1. The van der Waals surface area contributed by atoms with Gasteiger partial charge in [0.05, 0.1) is 16.9 Å². The van der Waals surface area contributed by atoms with Crippen LogP contribution in [-0.2, 0) is 0 Å². The van der Waals surface area contributed by atoms with Crippen molar-refractivity contribution in [1.82, 2.24) is 9.97 Å². The van der Waals surface area contributed by atoms with Crippen molar-refractivity contribution < 1.29 is 14.7 Å². The molecule has 0 aliphatic carbocycles. The van der Waals surface area contributed by atoms with E-state index in [2.05, 4.69) is 15.3 Å². The molecule has 0 fully saturated rings. The Morgan fingerprint density at radius 2 is 2.10 bits per heavy atom. The summed E-state index contributed by atoms with van der Waals surface area (Å²) in [4.78, 5) is 29.8. The molecule has 0 aromatic carbocycles. The highest BCUT2D eigenvalue weighted by molar-refractivity contribution is 6.06. The maximum Gasteiger partial charge on any atom is 0.354 e. The SMILES string of the molecule is Cc1cc(NC(=O)c2ccc(C#N)c(C)n2)c(C(=O)O)[nH]1. The Labute approximate surface area is 120 Å². The van der Waals surface area contributed by atoms with Crippen molar-refractivity contribution in [3.8, 4) is 6.07 Å². The van der Waals surface area contributed by atoms with Crippen molar-refractivity contribution in [2.24, 2.45) is 0 Å². The summed E-state index contributed by atoms with van der Waals surface area (Å²) in [6.45, 7) is 3.31. The molecule has 2 heterocycles. The van der Waals surface area contributed by atoms with Crippen molar-refractivity contribution in [1.29, 1.82) is 5.26 Å². The van der Waals surface area contributed by atoms with E-state index in [4.69, 9.17) is 10.4 Å². The van der Waals surface area contributed by atoms with E-state index in [1.807, 2.05) is 6.07 Å². The molecular weight excluding hydrogens is 272 g/mol. The largest absolute Gasteiger partial charge is 0.477 e. The molecule has 0 bridgehead atoms. The van der Waals surface area contributed by atoms with E-state index in [1.54, 1.807) is 13.8 Å². The highest BCUT2D eigenvalue weighted by Crippen LogP contribution is 2.18. The van der Waals surface area contributed by atoms with Crippen LogP contribution in [-0.4, -0.2) is 27.0 Å². The molecule has 7 heteroatoms. The zero-order valence-corrected chi connectivity index (χ0v) is 11.4. The van der Waals surface area contributed by atoms with E-state index < -0.39 is 11.9 Å². The van der Waals surface area contributed by atoms with Crippen molar-refractivity contribution in [2.75, 3.05) is 5.32 Å². The maximum absolute atomic E-state index is 12.1. The van der Waals surface area contributed by atoms with Gasteiger partial charge in [0.25, 0.3) is 5.91 Å². The van der Waals surface area contributed by atoms with Gasteiger partial charge in [-0.3, -0.25) is 4.79 Å². The summed E-state index contributed by atoms with van der Waals surface area (Å²) in [5, 5.41) is 20.4. The molecule has 0 aliphatic rings. The van der Waals surface area contributed by atoms with E-state index in [-0.39, 0.29) is 17.1 Å². The van der Waals surface area contributed by atoms with Gasteiger partial charge in [-0.05, 0) is 32.0 Å². The number of aryl methyl sites for hydroxylation is 2. The van der Waals surface area contributed by atoms with Crippen molar-refractivity contribution in [3.05, 3.63) is 46.5 Å². The van der Waals surface area contributed by atoms with Gasteiger partial charge < -0.3 is 15.4 Å². The summed E-state index contributed by atoms with van der Waals surface area (Å²) >= 11 is 0. The number of carboxylic acids is 1. The lowest BCUT2D eigenvalue weighted by Crippen LogP contribution is -2.16. The third-order valence-corrected chi connectivity index (χ3v) is 2.85. The number of aromatic amines is 1. The summed E-state index contributed by atoms with van der Waals surface area (Å²) in [5.41, 5.74) is 1.64. The number of aromatic carboxylic acids is 1. The van der Waals surface area contributed by atoms with Crippen molar-refractivity contribution >= 4 is 17.6 Å². The number of aromatic nitrogens is 2. The summed E-state index contributed by atoms with van der Waals surface area (Å²) in [6, 6.07) is 6.40. The summed E-state index contributed by atoms with van der Waals surface area (Å²) in [5.74, 6) is -1.70. The lowest BCUT2D eigenvalue weighted by atomic mass is 10.2. The maximum atomic E-state index is 12.1. The van der Waals surface area contributed by atoms with Gasteiger partial charge in [-0.25, -0.2) is 9.78 Å². The Kier molecular flexibility index (Phi) is 3.71. The van der Waals surface area contributed by atoms with Crippen LogP contribution >= 0.6 is 0 Å². The van der Waals surface area contributed by atoms with Gasteiger partial charge in [0.1, 0.15) is 17.5 Å². The van der Waals surface area contributed by atoms with E-state index in [0.29, 0.717) is 17.0 Å². The molecular formula is C14H12N4O3. The Morgan fingerprint density at radius 3 is 2.67 bits per heavy atom. The first-order valence-electron chi connectivity index (χ1n) is 6.04. The van der Waals surface area contributed by atoms with Crippen molar-refractivity contribution in [3.63, 3.8) is 0 Å². The fourth-order valence-electron chi connectivity index (χ4n) is 1.85. The standard InChI is InChI=1S/C14H12N4O3/c1-7-5-11(12(16-7)14(20)21)18-13(19)10-4-3-9(6-15)8(2)17-10/h3-5,16H,1-2H3,(H,18,19)(H,20,21). The van der Waals surface area contributed by atoms with Crippen LogP contribution in [0.1, 0.15) is 37.9 Å². The molecule has 0 saturated heterocycles. The van der Waals surface area contributed by atoms with Crippen LogP contribution in [0.3, 0.4) is 0 Å². The first-order valence-corrected chi connectivity index (χ1v) is 6.04. The Bertz CT molecular complexity index is 771. The van der Waals surface area contributed by atoms with E-state index in [1.165, 1.54) is 18.2 Å². The average Bonchev–Trinajstić information content (AvgIpc) is 2.79. The number of amides is 1. The normalized spacial score (nSPS) is 9.95. The molecule has 0 saturated carbocycles. The zero-order chi connectivity index (χ0) is 15.6. The number of anilines is 1. The molecule has 0 spiro atoms. The average molecular weight is 284 g/mol. The van der Waals surface area contributed by atoms with Crippen LogP contribution in [0.15, 0.2) is 18.2 Å². The van der Waals surface area contributed by atoms with E-state index in [9.17, 15) is 9.59 Å². The minimum absolute atomic E-state index is 0.0915. The molecule has 0 atom stereocenters. The Hall–Kier alpha value is -3.14. The van der Waals surface area contributed by atoms with Gasteiger partial charge in [-0.2, -0.15) is 5.26 Å².